The van der Waals surface area contributed by atoms with Gasteiger partial charge in [0.05, 0.1) is 6.04 Å². The zero-order valence-electron chi connectivity index (χ0n) is 20.8. The fourth-order valence-corrected chi connectivity index (χ4v) is 5.96. The second kappa shape index (κ2) is 12.0. The SMILES string of the molecule is CC(C)NC(=O)N1CC[C@@H]2Oc3ccccc3S(=O)(=O)N(Cc3cccnc3)[C@H]2CC1.O=C(O)C(F)(F)F. The summed E-state index contributed by atoms with van der Waals surface area (Å²) in [4.78, 5) is 27.5. The normalized spacial score (nSPS) is 20.9. The van der Waals surface area contributed by atoms with Crippen molar-refractivity contribution >= 4 is 22.0 Å². The number of hydrogen-bond donors (Lipinski definition) is 2. The summed E-state index contributed by atoms with van der Waals surface area (Å²) in [6.07, 6.45) is -1.06. The van der Waals surface area contributed by atoms with Crippen LogP contribution in [0.1, 0.15) is 32.3 Å². The molecule has 14 heteroatoms. The summed E-state index contributed by atoms with van der Waals surface area (Å²) in [5, 5.41) is 10.0. The number of nitrogens with zero attached hydrogens (tertiary/aromatic N) is 3. The Kier molecular flexibility index (Phi) is 9.20. The van der Waals surface area contributed by atoms with Crippen molar-refractivity contribution in [2.75, 3.05) is 13.1 Å². The Bertz CT molecular complexity index is 1230. The maximum Gasteiger partial charge on any atom is 0.490 e. The number of carboxylic acids is 1. The van der Waals surface area contributed by atoms with Crippen LogP contribution in [0.2, 0.25) is 0 Å². The van der Waals surface area contributed by atoms with Crippen molar-refractivity contribution in [2.24, 2.45) is 0 Å². The quantitative estimate of drug-likeness (QED) is 0.592. The number of carbonyl (C=O) groups is 2. The zero-order valence-corrected chi connectivity index (χ0v) is 21.6. The van der Waals surface area contributed by atoms with Crippen LogP contribution in [-0.2, 0) is 21.4 Å². The lowest BCUT2D eigenvalue weighted by atomic mass is 10.1. The highest BCUT2D eigenvalue weighted by atomic mass is 32.2. The Labute approximate surface area is 218 Å². The number of hydrogen-bond acceptors (Lipinski definition) is 6. The minimum atomic E-state index is -5.08. The molecular weight excluding hydrogens is 529 g/mol. The Balaban J connectivity index is 0.000000505. The average Bonchev–Trinajstić information content (AvgIpc) is 3.09. The van der Waals surface area contributed by atoms with Crippen molar-refractivity contribution in [3.05, 3.63) is 54.4 Å². The number of pyridine rings is 1. The predicted molar refractivity (Wildman–Crippen MR) is 130 cm³/mol. The lowest BCUT2D eigenvalue weighted by Crippen LogP contribution is -2.46. The van der Waals surface area contributed by atoms with E-state index in [1.165, 1.54) is 4.31 Å². The highest BCUT2D eigenvalue weighted by molar-refractivity contribution is 7.89. The van der Waals surface area contributed by atoms with E-state index in [9.17, 15) is 26.4 Å². The molecule has 0 radical (unpaired) electrons. The molecule has 3 heterocycles. The Morgan fingerprint density at radius 2 is 1.82 bits per heavy atom. The van der Waals surface area contributed by atoms with Crippen LogP contribution in [0.3, 0.4) is 0 Å². The van der Waals surface area contributed by atoms with Crippen molar-refractivity contribution in [3.63, 3.8) is 0 Å². The van der Waals surface area contributed by atoms with E-state index in [-0.39, 0.29) is 29.6 Å². The third-order valence-electron chi connectivity index (χ3n) is 5.89. The standard InChI is InChI=1S/C22H28N4O4S.C2HF3O2/c1-16(2)24-22(27)25-12-9-18-19(10-13-25)30-20-7-3-4-8-21(20)31(28,29)26(18)15-17-6-5-11-23-14-17;3-2(4,5)1(6)7/h3-8,11,14,16,18-19H,9-10,12-13,15H2,1-2H3,(H,24,27);(H,6,7)/t18-,19-;/m0./s1. The minimum absolute atomic E-state index is 0.0341. The van der Waals surface area contributed by atoms with Gasteiger partial charge in [-0.05, 0) is 44.0 Å². The van der Waals surface area contributed by atoms with Gasteiger partial charge in [0.1, 0.15) is 16.7 Å². The highest BCUT2D eigenvalue weighted by Crippen LogP contribution is 2.37. The van der Waals surface area contributed by atoms with Crippen molar-refractivity contribution in [2.45, 2.75) is 62.5 Å². The molecule has 2 N–H and O–H groups in total. The van der Waals surface area contributed by atoms with Gasteiger partial charge in [0, 0.05) is 44.5 Å². The van der Waals surface area contributed by atoms with Crippen molar-refractivity contribution in [3.8, 4) is 5.75 Å². The summed E-state index contributed by atoms with van der Waals surface area (Å²) in [5.41, 5.74) is 0.808. The molecule has 2 aliphatic rings. The molecule has 38 heavy (non-hydrogen) atoms. The van der Waals surface area contributed by atoms with E-state index in [0.717, 1.165) is 5.56 Å². The number of urea groups is 1. The number of carbonyl (C=O) groups excluding carboxylic acids is 1. The largest absolute Gasteiger partial charge is 0.490 e. The molecule has 0 saturated carbocycles. The first-order chi connectivity index (χ1) is 17.8. The highest BCUT2D eigenvalue weighted by Gasteiger charge is 2.43. The van der Waals surface area contributed by atoms with Crippen LogP contribution in [0.4, 0.5) is 18.0 Å². The fourth-order valence-electron chi connectivity index (χ4n) is 4.17. The van der Waals surface area contributed by atoms with E-state index < -0.39 is 28.2 Å². The molecule has 0 bridgehead atoms. The monoisotopic (exact) mass is 558 g/mol. The first-order valence-corrected chi connectivity index (χ1v) is 13.3. The summed E-state index contributed by atoms with van der Waals surface area (Å²) in [7, 11) is -3.80. The first kappa shape index (κ1) is 29.2. The zero-order chi connectivity index (χ0) is 28.1. The number of halogens is 3. The van der Waals surface area contributed by atoms with E-state index in [0.29, 0.717) is 31.7 Å². The van der Waals surface area contributed by atoms with E-state index in [4.69, 9.17) is 14.6 Å². The minimum Gasteiger partial charge on any atom is -0.487 e. The van der Waals surface area contributed by atoms with Crippen LogP contribution in [0.15, 0.2) is 53.7 Å². The van der Waals surface area contributed by atoms with Gasteiger partial charge < -0.3 is 20.1 Å². The van der Waals surface area contributed by atoms with Gasteiger partial charge in [0.2, 0.25) is 10.0 Å². The number of sulfonamides is 1. The average molecular weight is 559 g/mol. The summed E-state index contributed by atoms with van der Waals surface area (Å²) in [5.74, 6) is -2.39. The van der Waals surface area contributed by atoms with Crippen molar-refractivity contribution in [1.82, 2.24) is 19.5 Å². The number of fused-ring (bicyclic) bond motifs is 2. The number of likely N-dealkylation sites (tertiary alicyclic amines) is 1. The molecule has 10 nitrogen and oxygen atoms in total. The molecule has 0 aliphatic carbocycles. The molecule has 1 aromatic heterocycles. The van der Waals surface area contributed by atoms with Gasteiger partial charge in [-0.25, -0.2) is 18.0 Å². The number of nitrogens with one attached hydrogen (secondary N) is 1. The summed E-state index contributed by atoms with van der Waals surface area (Å²) in [6.45, 7) is 5.00. The molecule has 2 aliphatic heterocycles. The lowest BCUT2D eigenvalue weighted by molar-refractivity contribution is -0.192. The van der Waals surface area contributed by atoms with E-state index in [1.807, 2.05) is 19.9 Å². The number of benzene rings is 1. The van der Waals surface area contributed by atoms with Crippen LogP contribution < -0.4 is 10.1 Å². The van der Waals surface area contributed by atoms with Crippen LogP contribution in [0, 0.1) is 0 Å². The summed E-state index contributed by atoms with van der Waals surface area (Å²) < 4.78 is 66.9. The molecule has 1 aromatic carbocycles. The topological polar surface area (TPSA) is 129 Å². The molecule has 2 atom stereocenters. The molecule has 1 saturated heterocycles. The number of alkyl halides is 3. The van der Waals surface area contributed by atoms with Crippen molar-refractivity contribution in [1.29, 1.82) is 0 Å². The maximum absolute atomic E-state index is 13.7. The number of aliphatic carboxylic acids is 1. The third-order valence-corrected chi connectivity index (χ3v) is 7.81. The molecule has 4 rings (SSSR count). The Morgan fingerprint density at radius 1 is 1.16 bits per heavy atom. The maximum atomic E-state index is 13.7. The number of ether oxygens (including phenoxy) is 1. The molecule has 0 spiro atoms. The second-order valence-electron chi connectivity index (χ2n) is 9.05. The molecule has 0 unspecified atom stereocenters. The number of rotatable bonds is 3. The summed E-state index contributed by atoms with van der Waals surface area (Å²) in [6, 6.07) is 9.96. The van der Waals surface area contributed by atoms with Gasteiger partial charge in [-0.2, -0.15) is 17.5 Å². The van der Waals surface area contributed by atoms with Crippen LogP contribution >= 0.6 is 0 Å². The van der Waals surface area contributed by atoms with E-state index in [1.54, 1.807) is 47.6 Å². The predicted octanol–water partition coefficient (Wildman–Crippen LogP) is 3.25. The summed E-state index contributed by atoms with van der Waals surface area (Å²) >= 11 is 0. The van der Waals surface area contributed by atoms with Gasteiger partial charge in [-0.3, -0.25) is 4.98 Å². The third kappa shape index (κ3) is 7.13. The number of amides is 2. The fraction of sp³-hybridized carbons (Fsp3) is 0.458. The Hall–Kier alpha value is -3.39. The number of aromatic nitrogens is 1. The van der Waals surface area contributed by atoms with Gasteiger partial charge >= 0.3 is 18.2 Å². The van der Waals surface area contributed by atoms with Crippen molar-refractivity contribution < 1.29 is 41.0 Å². The van der Waals surface area contributed by atoms with E-state index in [2.05, 4.69) is 10.3 Å². The van der Waals surface area contributed by atoms with Gasteiger partial charge in [-0.15, -0.1) is 0 Å². The molecule has 1 fully saturated rings. The number of para-hydroxylation sites is 1. The second-order valence-corrected chi connectivity index (χ2v) is 10.9. The lowest BCUT2D eigenvalue weighted by Gasteiger charge is -2.31. The van der Waals surface area contributed by atoms with Gasteiger partial charge in [0.15, 0.2) is 0 Å². The van der Waals surface area contributed by atoms with Crippen LogP contribution in [0.25, 0.3) is 0 Å². The smallest absolute Gasteiger partial charge is 0.487 e. The van der Waals surface area contributed by atoms with Crippen LogP contribution in [-0.4, -0.2) is 77.2 Å². The van der Waals surface area contributed by atoms with Gasteiger partial charge in [-0.1, -0.05) is 18.2 Å². The first-order valence-electron chi connectivity index (χ1n) is 11.8. The van der Waals surface area contributed by atoms with Gasteiger partial charge in [0.25, 0.3) is 0 Å². The molecule has 2 aromatic rings. The van der Waals surface area contributed by atoms with E-state index >= 15 is 0 Å². The molecule has 2 amide bonds. The Morgan fingerprint density at radius 3 is 2.42 bits per heavy atom. The van der Waals surface area contributed by atoms with Crippen LogP contribution in [0.5, 0.6) is 5.75 Å². The number of carboxylic acid groups (broad SMARTS) is 1. The molecule has 208 valence electrons. The molecular formula is C24H29F3N4O6S.